The van der Waals surface area contributed by atoms with Crippen molar-refractivity contribution in [2.75, 3.05) is 11.9 Å². The van der Waals surface area contributed by atoms with Crippen LogP contribution in [0.1, 0.15) is 56.2 Å². The lowest BCUT2D eigenvalue weighted by atomic mass is 9.87. The number of pyridine rings is 1. The molecular formula is C17H24N4O2. The Labute approximate surface area is 135 Å². The van der Waals surface area contributed by atoms with Gasteiger partial charge in [0.2, 0.25) is 0 Å². The molecule has 3 rings (SSSR count). The summed E-state index contributed by atoms with van der Waals surface area (Å²) in [5.41, 5.74) is 4.87. The van der Waals surface area contributed by atoms with E-state index in [1.807, 2.05) is 10.6 Å². The van der Waals surface area contributed by atoms with Gasteiger partial charge in [0.25, 0.3) is 5.91 Å². The van der Waals surface area contributed by atoms with E-state index in [9.17, 15) is 4.79 Å². The number of rotatable bonds is 5. The zero-order valence-electron chi connectivity index (χ0n) is 13.5. The molecule has 6 nitrogen and oxygen atoms in total. The maximum absolute atomic E-state index is 11.4. The highest BCUT2D eigenvalue weighted by Gasteiger charge is 2.23. The Hall–Kier alpha value is -2.08. The number of carbonyl (C=O) groups excluding carboxylic acids is 1. The molecule has 1 aliphatic carbocycles. The minimum atomic E-state index is -0.459. The van der Waals surface area contributed by atoms with E-state index in [0.717, 1.165) is 36.4 Å². The van der Waals surface area contributed by atoms with Crippen molar-refractivity contribution in [3.8, 4) is 0 Å². The molecule has 0 aliphatic heterocycles. The van der Waals surface area contributed by atoms with Crippen LogP contribution in [0.5, 0.6) is 0 Å². The van der Waals surface area contributed by atoms with Gasteiger partial charge in [-0.2, -0.15) is 0 Å². The molecule has 0 radical (unpaired) electrons. The number of nitrogens with one attached hydrogen (secondary N) is 2. The van der Waals surface area contributed by atoms with E-state index in [2.05, 4.69) is 24.4 Å². The molecule has 1 amide bonds. The van der Waals surface area contributed by atoms with E-state index in [0.29, 0.717) is 5.92 Å². The average molecular weight is 316 g/mol. The zero-order chi connectivity index (χ0) is 16.2. The quantitative estimate of drug-likeness (QED) is 0.585. The summed E-state index contributed by atoms with van der Waals surface area (Å²) in [5.74, 6) is 0.853. The number of carbonyl (C=O) groups is 1. The first-order chi connectivity index (χ1) is 11.2. The molecule has 2 aromatic rings. The van der Waals surface area contributed by atoms with Crippen molar-refractivity contribution in [3.05, 3.63) is 29.6 Å². The number of amides is 1. The van der Waals surface area contributed by atoms with Crippen LogP contribution in [0.4, 0.5) is 5.82 Å². The molecular weight excluding hydrogens is 292 g/mol. The Kier molecular flexibility index (Phi) is 4.81. The zero-order valence-corrected chi connectivity index (χ0v) is 13.5. The second-order valence-electron chi connectivity index (χ2n) is 6.19. The van der Waals surface area contributed by atoms with Crippen LogP contribution in [0.25, 0.3) is 5.65 Å². The first-order valence-electron chi connectivity index (χ1n) is 8.40. The van der Waals surface area contributed by atoms with Gasteiger partial charge >= 0.3 is 0 Å². The topological polar surface area (TPSA) is 78.7 Å². The number of hydrogen-bond acceptors (Lipinski definition) is 4. The summed E-state index contributed by atoms with van der Waals surface area (Å²) in [5, 5.41) is 11.9. The predicted octanol–water partition coefficient (Wildman–Crippen LogP) is 2.86. The largest absolute Gasteiger partial charge is 0.360 e. The van der Waals surface area contributed by atoms with Crippen molar-refractivity contribution in [1.29, 1.82) is 0 Å². The normalized spacial score (nSPS) is 15.7. The van der Waals surface area contributed by atoms with Crippen LogP contribution in [0.3, 0.4) is 0 Å². The lowest BCUT2D eigenvalue weighted by Crippen LogP contribution is -2.27. The van der Waals surface area contributed by atoms with Crippen LogP contribution in [0, 0.1) is 0 Å². The van der Waals surface area contributed by atoms with Crippen LogP contribution < -0.4 is 10.8 Å². The molecule has 0 atom stereocenters. The van der Waals surface area contributed by atoms with Gasteiger partial charge in [0, 0.05) is 12.1 Å². The van der Waals surface area contributed by atoms with Crippen LogP contribution in [-0.4, -0.2) is 27.0 Å². The maximum Gasteiger partial charge on any atom is 0.262 e. The van der Waals surface area contributed by atoms with Crippen molar-refractivity contribution < 1.29 is 10.0 Å². The number of aromatic nitrogens is 2. The van der Waals surface area contributed by atoms with Crippen molar-refractivity contribution in [2.45, 2.75) is 51.4 Å². The highest BCUT2D eigenvalue weighted by molar-refractivity contribution is 5.79. The first-order valence-corrected chi connectivity index (χ1v) is 8.40. The molecule has 1 aliphatic rings. The van der Waals surface area contributed by atoms with E-state index in [4.69, 9.17) is 10.2 Å². The first kappa shape index (κ1) is 15.8. The number of imidazole rings is 1. The molecule has 124 valence electrons. The van der Waals surface area contributed by atoms with Crippen LogP contribution in [0.15, 0.2) is 18.3 Å². The Morgan fingerprint density at radius 1 is 1.39 bits per heavy atom. The summed E-state index contributed by atoms with van der Waals surface area (Å²) in [4.78, 5) is 16.2. The third-order valence-electron chi connectivity index (χ3n) is 4.66. The van der Waals surface area contributed by atoms with Crippen LogP contribution >= 0.6 is 0 Å². The highest BCUT2D eigenvalue weighted by atomic mass is 16.5. The average Bonchev–Trinajstić information content (AvgIpc) is 2.97. The van der Waals surface area contributed by atoms with Gasteiger partial charge < -0.3 is 5.32 Å². The fraction of sp³-hybridized carbons (Fsp3) is 0.529. The van der Waals surface area contributed by atoms with Crippen molar-refractivity contribution in [1.82, 2.24) is 14.9 Å². The minimum absolute atomic E-state index is 0.0273. The molecule has 1 saturated carbocycles. The third kappa shape index (κ3) is 3.32. The van der Waals surface area contributed by atoms with E-state index in [1.54, 1.807) is 5.48 Å². The molecule has 3 N–H and O–H groups in total. The third-order valence-corrected chi connectivity index (χ3v) is 4.66. The van der Waals surface area contributed by atoms with Gasteiger partial charge in [-0.3, -0.25) is 14.4 Å². The van der Waals surface area contributed by atoms with Gasteiger partial charge in [-0.15, -0.1) is 0 Å². The minimum Gasteiger partial charge on any atom is -0.360 e. The van der Waals surface area contributed by atoms with Crippen molar-refractivity contribution >= 4 is 17.4 Å². The van der Waals surface area contributed by atoms with E-state index in [-0.39, 0.29) is 6.54 Å². The second-order valence-corrected chi connectivity index (χ2v) is 6.19. The van der Waals surface area contributed by atoms with Crippen LogP contribution in [-0.2, 0) is 11.2 Å². The SMILES string of the molecule is CCc1ccn2c(NCC(=O)NO)c(C3CCCCC3)nc2c1. The molecule has 0 spiro atoms. The molecule has 6 heteroatoms. The molecule has 0 unspecified atom stereocenters. The second kappa shape index (κ2) is 7.00. The summed E-state index contributed by atoms with van der Waals surface area (Å²) in [6.45, 7) is 2.15. The number of anilines is 1. The Morgan fingerprint density at radius 3 is 2.87 bits per heavy atom. The van der Waals surface area contributed by atoms with Gasteiger partial charge in [-0.1, -0.05) is 26.2 Å². The lowest BCUT2D eigenvalue weighted by Gasteiger charge is -2.21. The number of fused-ring (bicyclic) bond motifs is 1. The maximum atomic E-state index is 11.4. The van der Waals surface area contributed by atoms with Gasteiger partial charge in [-0.05, 0) is 37.0 Å². The summed E-state index contributed by atoms with van der Waals surface area (Å²) < 4.78 is 2.01. The molecule has 0 saturated heterocycles. The van der Waals surface area contributed by atoms with Crippen molar-refractivity contribution in [3.63, 3.8) is 0 Å². The van der Waals surface area contributed by atoms with Gasteiger partial charge in [-0.25, -0.2) is 10.5 Å². The monoisotopic (exact) mass is 316 g/mol. The van der Waals surface area contributed by atoms with Gasteiger partial charge in [0.15, 0.2) is 0 Å². The van der Waals surface area contributed by atoms with E-state index < -0.39 is 5.91 Å². The molecule has 2 heterocycles. The fourth-order valence-electron chi connectivity index (χ4n) is 3.36. The molecule has 1 fully saturated rings. The standard InChI is InChI=1S/C17H24N4O2/c1-2-12-8-9-21-14(10-12)19-16(13-6-4-3-5-7-13)17(21)18-11-15(22)20-23/h8-10,13,18,23H,2-7,11H2,1H3,(H,20,22). The van der Waals surface area contributed by atoms with Crippen LogP contribution in [0.2, 0.25) is 0 Å². The number of hydroxylamine groups is 1. The Bertz CT molecular complexity index is 689. The van der Waals surface area contributed by atoms with Gasteiger partial charge in [0.1, 0.15) is 11.5 Å². The molecule has 2 aromatic heterocycles. The predicted molar refractivity (Wildman–Crippen MR) is 88.8 cm³/mol. The van der Waals surface area contributed by atoms with E-state index in [1.165, 1.54) is 24.8 Å². The molecule has 0 aromatic carbocycles. The summed E-state index contributed by atoms with van der Waals surface area (Å²) in [6, 6.07) is 4.18. The Balaban J connectivity index is 1.98. The summed E-state index contributed by atoms with van der Waals surface area (Å²) >= 11 is 0. The lowest BCUT2D eigenvalue weighted by molar-refractivity contribution is -0.127. The fourth-order valence-corrected chi connectivity index (χ4v) is 3.36. The Morgan fingerprint density at radius 2 is 2.17 bits per heavy atom. The van der Waals surface area contributed by atoms with Crippen molar-refractivity contribution in [2.24, 2.45) is 0 Å². The summed E-state index contributed by atoms with van der Waals surface area (Å²) in [6.07, 6.45) is 9.02. The number of hydrogen-bond donors (Lipinski definition) is 3. The van der Waals surface area contributed by atoms with E-state index >= 15 is 0 Å². The molecule has 23 heavy (non-hydrogen) atoms. The number of aryl methyl sites for hydroxylation is 1. The van der Waals surface area contributed by atoms with Gasteiger partial charge in [0.05, 0.1) is 12.2 Å². The highest BCUT2D eigenvalue weighted by Crippen LogP contribution is 2.36. The number of nitrogens with zero attached hydrogens (tertiary/aromatic N) is 2. The summed E-state index contributed by atoms with van der Waals surface area (Å²) in [7, 11) is 0. The smallest absolute Gasteiger partial charge is 0.262 e. The molecule has 0 bridgehead atoms.